The lowest BCUT2D eigenvalue weighted by Gasteiger charge is -2.26. The first kappa shape index (κ1) is 14.3. The van der Waals surface area contributed by atoms with E-state index >= 15 is 0 Å². The number of aromatic nitrogens is 1. The maximum absolute atomic E-state index is 13.0. The molecule has 3 atom stereocenters. The van der Waals surface area contributed by atoms with Crippen molar-refractivity contribution in [3.63, 3.8) is 0 Å². The molecule has 3 nitrogen and oxygen atoms in total. The number of rotatable bonds is 3. The molecule has 0 bridgehead atoms. The molecule has 0 spiro atoms. The lowest BCUT2D eigenvalue weighted by molar-refractivity contribution is -0.138. The molecule has 2 heterocycles. The number of ether oxygens (including phenoxy) is 1. The number of nitrogens with zero attached hydrogens (tertiary/aromatic N) is 1. The van der Waals surface area contributed by atoms with Crippen LogP contribution in [0.1, 0.15) is 36.9 Å². The van der Waals surface area contributed by atoms with E-state index in [1.165, 1.54) is 6.20 Å². The number of nitrogens with one attached hydrogen (secondary N) is 1. The van der Waals surface area contributed by atoms with Crippen LogP contribution in [-0.4, -0.2) is 24.2 Å². The Morgan fingerprint density at radius 1 is 1.42 bits per heavy atom. The molecule has 1 aromatic rings. The van der Waals surface area contributed by atoms with Crippen LogP contribution in [-0.2, 0) is 10.9 Å². The Labute approximate surface area is 110 Å². The molecule has 2 rings (SSSR count). The Balaban J connectivity index is 2.33. The summed E-state index contributed by atoms with van der Waals surface area (Å²) in [5, 5.41) is 2.93. The first-order chi connectivity index (χ1) is 8.93. The first-order valence-electron chi connectivity index (χ1n) is 6.27. The minimum Gasteiger partial charge on any atom is -0.373 e. The number of likely N-dealkylation sites (N-methyl/N-ethyl adjacent to an activating group) is 1. The third-order valence-electron chi connectivity index (χ3n) is 3.44. The van der Waals surface area contributed by atoms with Gasteiger partial charge in [0.2, 0.25) is 0 Å². The zero-order valence-electron chi connectivity index (χ0n) is 10.9. The normalized spacial score (nSPS) is 25.5. The van der Waals surface area contributed by atoms with Crippen LogP contribution in [0, 0.1) is 0 Å². The molecule has 6 heteroatoms. The van der Waals surface area contributed by atoms with Gasteiger partial charge in [0.15, 0.2) is 0 Å². The van der Waals surface area contributed by atoms with Gasteiger partial charge in [0, 0.05) is 18.0 Å². The summed E-state index contributed by atoms with van der Waals surface area (Å²) in [5.74, 6) is 0. The van der Waals surface area contributed by atoms with Gasteiger partial charge in [-0.15, -0.1) is 0 Å². The Hall–Kier alpha value is -1.14. The molecule has 0 saturated carbocycles. The molecule has 0 aliphatic carbocycles. The van der Waals surface area contributed by atoms with Crippen molar-refractivity contribution in [3.05, 3.63) is 29.6 Å². The standard InChI is InChI=1S/C13H17F3N2O/c1-8-3-4-11(19-8)12(17-2)9-7-18-6-5-10(9)13(14,15)16/h5-8,11-12,17H,3-4H2,1-2H3. The molecule has 0 radical (unpaired) electrons. The van der Waals surface area contributed by atoms with E-state index in [0.29, 0.717) is 0 Å². The molecule has 1 fully saturated rings. The summed E-state index contributed by atoms with van der Waals surface area (Å²) < 4.78 is 44.7. The monoisotopic (exact) mass is 274 g/mol. The second-order valence-electron chi connectivity index (χ2n) is 4.79. The van der Waals surface area contributed by atoms with Gasteiger partial charge < -0.3 is 10.1 Å². The molecule has 0 aromatic carbocycles. The summed E-state index contributed by atoms with van der Waals surface area (Å²) in [6.45, 7) is 1.93. The van der Waals surface area contributed by atoms with E-state index in [9.17, 15) is 13.2 Å². The second kappa shape index (κ2) is 5.46. The number of pyridine rings is 1. The van der Waals surface area contributed by atoms with Crippen LogP contribution in [0.2, 0.25) is 0 Å². The van der Waals surface area contributed by atoms with E-state index in [0.717, 1.165) is 25.1 Å². The molecule has 19 heavy (non-hydrogen) atoms. The van der Waals surface area contributed by atoms with Crippen LogP contribution in [0.4, 0.5) is 13.2 Å². The van der Waals surface area contributed by atoms with Crippen molar-refractivity contribution in [1.82, 2.24) is 10.3 Å². The van der Waals surface area contributed by atoms with Gasteiger partial charge >= 0.3 is 6.18 Å². The predicted octanol–water partition coefficient (Wildman–Crippen LogP) is 2.93. The van der Waals surface area contributed by atoms with Crippen LogP contribution >= 0.6 is 0 Å². The quantitative estimate of drug-likeness (QED) is 0.920. The van der Waals surface area contributed by atoms with Gasteiger partial charge in [-0.2, -0.15) is 13.2 Å². The van der Waals surface area contributed by atoms with E-state index < -0.39 is 17.8 Å². The summed E-state index contributed by atoms with van der Waals surface area (Å²) >= 11 is 0. The number of hydrogen-bond acceptors (Lipinski definition) is 3. The van der Waals surface area contributed by atoms with E-state index in [1.807, 2.05) is 6.92 Å². The Morgan fingerprint density at radius 2 is 2.16 bits per heavy atom. The van der Waals surface area contributed by atoms with Gasteiger partial charge in [-0.25, -0.2) is 0 Å². The van der Waals surface area contributed by atoms with Crippen LogP contribution in [0.25, 0.3) is 0 Å². The Kier molecular flexibility index (Phi) is 4.10. The van der Waals surface area contributed by atoms with Crippen molar-refractivity contribution in [3.8, 4) is 0 Å². The molecule has 1 aliphatic rings. The van der Waals surface area contributed by atoms with Crippen molar-refractivity contribution in [2.75, 3.05) is 7.05 Å². The largest absolute Gasteiger partial charge is 0.416 e. The van der Waals surface area contributed by atoms with E-state index in [2.05, 4.69) is 10.3 Å². The van der Waals surface area contributed by atoms with E-state index in [-0.39, 0.29) is 17.8 Å². The summed E-state index contributed by atoms with van der Waals surface area (Å²) in [6, 6.07) is 0.521. The average Bonchev–Trinajstić information content (AvgIpc) is 2.76. The second-order valence-corrected chi connectivity index (χ2v) is 4.79. The van der Waals surface area contributed by atoms with Gasteiger partial charge in [0.05, 0.1) is 23.8 Å². The lowest BCUT2D eigenvalue weighted by Crippen LogP contribution is -2.31. The highest BCUT2D eigenvalue weighted by Gasteiger charge is 2.38. The molecule has 0 amide bonds. The summed E-state index contributed by atoms with van der Waals surface area (Å²) in [6.07, 6.45) is -0.480. The lowest BCUT2D eigenvalue weighted by atomic mass is 9.96. The highest BCUT2D eigenvalue weighted by atomic mass is 19.4. The van der Waals surface area contributed by atoms with Gasteiger partial charge in [-0.3, -0.25) is 4.98 Å². The summed E-state index contributed by atoms with van der Waals surface area (Å²) in [5.41, 5.74) is -0.499. The van der Waals surface area contributed by atoms with Crippen molar-refractivity contribution >= 4 is 0 Å². The number of halogens is 3. The third kappa shape index (κ3) is 3.06. The molecule has 1 aromatic heterocycles. The minimum absolute atomic E-state index is 0.0897. The van der Waals surface area contributed by atoms with Gasteiger partial charge in [-0.05, 0) is 32.9 Å². The Morgan fingerprint density at radius 3 is 2.68 bits per heavy atom. The van der Waals surface area contributed by atoms with Crippen LogP contribution in [0.5, 0.6) is 0 Å². The minimum atomic E-state index is -4.38. The number of alkyl halides is 3. The molecule has 3 unspecified atom stereocenters. The van der Waals surface area contributed by atoms with Crippen molar-refractivity contribution in [2.24, 2.45) is 0 Å². The molecule has 106 valence electrons. The highest BCUT2D eigenvalue weighted by Crippen LogP contribution is 2.37. The highest BCUT2D eigenvalue weighted by molar-refractivity contribution is 5.30. The van der Waals surface area contributed by atoms with Crippen molar-refractivity contribution in [2.45, 2.75) is 44.2 Å². The van der Waals surface area contributed by atoms with Crippen LogP contribution < -0.4 is 5.32 Å². The molecule has 1 aliphatic heterocycles. The maximum atomic E-state index is 13.0. The van der Waals surface area contributed by atoms with E-state index in [4.69, 9.17) is 4.74 Å². The maximum Gasteiger partial charge on any atom is 0.416 e. The smallest absolute Gasteiger partial charge is 0.373 e. The topological polar surface area (TPSA) is 34.2 Å². The predicted molar refractivity (Wildman–Crippen MR) is 64.6 cm³/mol. The fourth-order valence-electron chi connectivity index (χ4n) is 2.53. The zero-order valence-corrected chi connectivity index (χ0v) is 10.9. The third-order valence-corrected chi connectivity index (χ3v) is 3.44. The van der Waals surface area contributed by atoms with Crippen molar-refractivity contribution < 1.29 is 17.9 Å². The van der Waals surface area contributed by atoms with E-state index in [1.54, 1.807) is 7.05 Å². The molecule has 1 saturated heterocycles. The summed E-state index contributed by atoms with van der Waals surface area (Å²) in [7, 11) is 1.64. The van der Waals surface area contributed by atoms with Gasteiger partial charge in [-0.1, -0.05) is 0 Å². The van der Waals surface area contributed by atoms with Gasteiger partial charge in [0.1, 0.15) is 0 Å². The molecular formula is C13H17F3N2O. The fraction of sp³-hybridized carbons (Fsp3) is 0.615. The van der Waals surface area contributed by atoms with Crippen LogP contribution in [0.3, 0.4) is 0 Å². The Bertz CT molecular complexity index is 436. The van der Waals surface area contributed by atoms with Crippen LogP contribution in [0.15, 0.2) is 18.5 Å². The first-order valence-corrected chi connectivity index (χ1v) is 6.27. The fourth-order valence-corrected chi connectivity index (χ4v) is 2.53. The zero-order chi connectivity index (χ0) is 14.0. The summed E-state index contributed by atoms with van der Waals surface area (Å²) in [4.78, 5) is 3.82. The molecule has 1 N–H and O–H groups in total. The average molecular weight is 274 g/mol. The number of hydrogen-bond donors (Lipinski definition) is 1. The molecular weight excluding hydrogens is 257 g/mol. The van der Waals surface area contributed by atoms with Crippen molar-refractivity contribution in [1.29, 1.82) is 0 Å². The SMILES string of the molecule is CNC(c1cnccc1C(F)(F)F)C1CCC(C)O1. The van der Waals surface area contributed by atoms with Gasteiger partial charge in [0.25, 0.3) is 0 Å².